The Labute approximate surface area is 98.7 Å². The summed E-state index contributed by atoms with van der Waals surface area (Å²) >= 11 is 0. The van der Waals surface area contributed by atoms with Gasteiger partial charge in [-0.15, -0.1) is 0 Å². The number of esters is 1. The highest BCUT2D eigenvalue weighted by atomic mass is 16.5. The third-order valence-electron chi connectivity index (χ3n) is 2.30. The zero-order chi connectivity index (χ0) is 12.3. The fourth-order valence-corrected chi connectivity index (χ4v) is 1.56. The molecule has 1 heterocycles. The molecule has 0 spiro atoms. The van der Waals surface area contributed by atoms with Crippen LogP contribution in [0.2, 0.25) is 0 Å². The van der Waals surface area contributed by atoms with E-state index in [4.69, 9.17) is 10.5 Å². The van der Waals surface area contributed by atoms with Crippen molar-refractivity contribution >= 4 is 22.6 Å². The molecular weight excluding hydrogens is 216 g/mol. The standard InChI is InChI=1S/C13H12N2O2/c1-2-6-17-13(16)10-7-9-4-3-5-15-12(9)11(14)8-10/h2-5,7-8H,1,6,14H2. The number of pyridine rings is 1. The molecule has 0 aliphatic carbocycles. The summed E-state index contributed by atoms with van der Waals surface area (Å²) in [6, 6.07) is 6.93. The molecule has 2 rings (SSSR count). The molecule has 1 aromatic carbocycles. The molecule has 2 N–H and O–H groups in total. The largest absolute Gasteiger partial charge is 0.458 e. The molecule has 4 heteroatoms. The molecule has 0 saturated heterocycles. The van der Waals surface area contributed by atoms with Gasteiger partial charge in [0.15, 0.2) is 0 Å². The van der Waals surface area contributed by atoms with Crippen LogP contribution in [0.5, 0.6) is 0 Å². The topological polar surface area (TPSA) is 65.2 Å². The first-order chi connectivity index (χ1) is 8.22. The first-order valence-electron chi connectivity index (χ1n) is 5.14. The van der Waals surface area contributed by atoms with E-state index in [1.807, 2.05) is 6.07 Å². The van der Waals surface area contributed by atoms with Gasteiger partial charge in [0, 0.05) is 11.6 Å². The summed E-state index contributed by atoms with van der Waals surface area (Å²) in [5.74, 6) is -0.414. The van der Waals surface area contributed by atoms with E-state index in [1.54, 1.807) is 24.4 Å². The summed E-state index contributed by atoms with van der Waals surface area (Å²) in [6.45, 7) is 3.67. The zero-order valence-corrected chi connectivity index (χ0v) is 9.22. The summed E-state index contributed by atoms with van der Waals surface area (Å²) in [7, 11) is 0. The molecule has 0 fully saturated rings. The normalized spacial score (nSPS) is 10.1. The highest BCUT2D eigenvalue weighted by molar-refractivity contribution is 5.99. The van der Waals surface area contributed by atoms with Gasteiger partial charge in [-0.25, -0.2) is 4.79 Å². The van der Waals surface area contributed by atoms with Gasteiger partial charge in [0.2, 0.25) is 0 Å². The van der Waals surface area contributed by atoms with E-state index in [9.17, 15) is 4.79 Å². The van der Waals surface area contributed by atoms with Crippen LogP contribution >= 0.6 is 0 Å². The van der Waals surface area contributed by atoms with Crippen molar-refractivity contribution in [2.24, 2.45) is 0 Å². The first kappa shape index (κ1) is 11.1. The number of nitrogens with zero attached hydrogens (tertiary/aromatic N) is 1. The summed E-state index contributed by atoms with van der Waals surface area (Å²) < 4.78 is 4.95. The molecule has 4 nitrogen and oxygen atoms in total. The molecule has 17 heavy (non-hydrogen) atoms. The van der Waals surface area contributed by atoms with Crippen LogP contribution < -0.4 is 5.73 Å². The number of carbonyl (C=O) groups excluding carboxylic acids is 1. The number of nitrogen functional groups attached to an aromatic ring is 1. The monoisotopic (exact) mass is 228 g/mol. The zero-order valence-electron chi connectivity index (χ0n) is 9.22. The number of nitrogens with two attached hydrogens (primary N) is 1. The van der Waals surface area contributed by atoms with Crippen LogP contribution in [0.1, 0.15) is 10.4 Å². The van der Waals surface area contributed by atoms with E-state index < -0.39 is 5.97 Å². The van der Waals surface area contributed by atoms with Gasteiger partial charge in [-0.3, -0.25) is 4.98 Å². The second kappa shape index (κ2) is 4.65. The third kappa shape index (κ3) is 2.25. The lowest BCUT2D eigenvalue weighted by Gasteiger charge is -2.05. The minimum Gasteiger partial charge on any atom is -0.458 e. The number of aromatic nitrogens is 1. The lowest BCUT2D eigenvalue weighted by molar-refractivity contribution is 0.0550. The molecule has 1 aromatic heterocycles. The lowest BCUT2D eigenvalue weighted by atomic mass is 10.1. The van der Waals surface area contributed by atoms with Crippen LogP contribution in [0.15, 0.2) is 43.1 Å². The van der Waals surface area contributed by atoms with E-state index in [0.717, 1.165) is 5.39 Å². The highest BCUT2D eigenvalue weighted by Gasteiger charge is 2.10. The molecule has 2 aromatic rings. The average molecular weight is 228 g/mol. The second-order valence-corrected chi connectivity index (χ2v) is 3.53. The number of fused-ring (bicyclic) bond motifs is 1. The van der Waals surface area contributed by atoms with Gasteiger partial charge in [-0.05, 0) is 18.2 Å². The number of benzene rings is 1. The van der Waals surface area contributed by atoms with Crippen molar-refractivity contribution in [1.29, 1.82) is 0 Å². The number of hydrogen-bond donors (Lipinski definition) is 1. The molecular formula is C13H12N2O2. The Bertz CT molecular complexity index is 579. The van der Waals surface area contributed by atoms with Gasteiger partial charge in [0.1, 0.15) is 6.61 Å². The third-order valence-corrected chi connectivity index (χ3v) is 2.30. The Morgan fingerprint density at radius 3 is 3.12 bits per heavy atom. The van der Waals surface area contributed by atoms with Gasteiger partial charge in [0.25, 0.3) is 0 Å². The van der Waals surface area contributed by atoms with Gasteiger partial charge in [-0.2, -0.15) is 0 Å². The smallest absolute Gasteiger partial charge is 0.338 e. The predicted molar refractivity (Wildman–Crippen MR) is 66.6 cm³/mol. The number of rotatable bonds is 3. The Morgan fingerprint density at radius 2 is 2.35 bits per heavy atom. The van der Waals surface area contributed by atoms with Crippen LogP contribution in [0, 0.1) is 0 Å². The van der Waals surface area contributed by atoms with E-state index in [0.29, 0.717) is 16.8 Å². The summed E-state index contributed by atoms with van der Waals surface area (Å²) in [5.41, 5.74) is 7.41. The maximum atomic E-state index is 11.7. The van der Waals surface area contributed by atoms with Crippen LogP contribution in [0.4, 0.5) is 5.69 Å². The molecule has 0 radical (unpaired) electrons. The second-order valence-electron chi connectivity index (χ2n) is 3.53. The molecule has 0 amide bonds. The van der Waals surface area contributed by atoms with E-state index in [2.05, 4.69) is 11.6 Å². The number of carbonyl (C=O) groups is 1. The van der Waals surface area contributed by atoms with Crippen molar-refractivity contribution in [3.8, 4) is 0 Å². The number of ether oxygens (including phenoxy) is 1. The SMILES string of the molecule is C=CCOC(=O)c1cc(N)c2ncccc2c1. The van der Waals surface area contributed by atoms with Gasteiger partial charge in [0.05, 0.1) is 16.8 Å². The van der Waals surface area contributed by atoms with Gasteiger partial charge >= 0.3 is 5.97 Å². The first-order valence-corrected chi connectivity index (χ1v) is 5.14. The molecule has 0 aliphatic heterocycles. The maximum Gasteiger partial charge on any atom is 0.338 e. The van der Waals surface area contributed by atoms with Crippen molar-refractivity contribution in [1.82, 2.24) is 4.98 Å². The molecule has 0 aliphatic rings. The maximum absolute atomic E-state index is 11.7. The van der Waals surface area contributed by atoms with Crippen LogP contribution in [-0.2, 0) is 4.74 Å². The van der Waals surface area contributed by atoms with E-state index in [1.165, 1.54) is 6.08 Å². The van der Waals surface area contributed by atoms with Crippen LogP contribution in [0.25, 0.3) is 10.9 Å². The van der Waals surface area contributed by atoms with Crippen LogP contribution in [-0.4, -0.2) is 17.6 Å². The van der Waals surface area contributed by atoms with Crippen molar-refractivity contribution in [2.45, 2.75) is 0 Å². The summed E-state index contributed by atoms with van der Waals surface area (Å²) in [5, 5.41) is 0.818. The van der Waals surface area contributed by atoms with Gasteiger partial charge in [-0.1, -0.05) is 18.7 Å². The van der Waals surface area contributed by atoms with Crippen molar-refractivity contribution < 1.29 is 9.53 Å². The Morgan fingerprint density at radius 1 is 1.53 bits per heavy atom. The number of anilines is 1. The van der Waals surface area contributed by atoms with E-state index >= 15 is 0 Å². The average Bonchev–Trinajstić information content (AvgIpc) is 2.36. The predicted octanol–water partition coefficient (Wildman–Crippen LogP) is 2.16. The fraction of sp³-hybridized carbons (Fsp3) is 0.0769. The Kier molecular flexibility index (Phi) is 3.05. The molecule has 0 atom stereocenters. The minimum absolute atomic E-state index is 0.184. The van der Waals surface area contributed by atoms with Crippen molar-refractivity contribution in [2.75, 3.05) is 12.3 Å². The van der Waals surface area contributed by atoms with Crippen molar-refractivity contribution in [3.63, 3.8) is 0 Å². The molecule has 86 valence electrons. The molecule has 0 bridgehead atoms. The van der Waals surface area contributed by atoms with E-state index in [-0.39, 0.29) is 6.61 Å². The minimum atomic E-state index is -0.414. The fourth-order valence-electron chi connectivity index (χ4n) is 1.56. The summed E-state index contributed by atoms with van der Waals surface area (Å²) in [4.78, 5) is 15.8. The summed E-state index contributed by atoms with van der Waals surface area (Å²) in [6.07, 6.45) is 3.18. The van der Waals surface area contributed by atoms with Gasteiger partial charge < -0.3 is 10.5 Å². The Hall–Kier alpha value is -2.36. The lowest BCUT2D eigenvalue weighted by Crippen LogP contribution is -2.06. The van der Waals surface area contributed by atoms with Crippen molar-refractivity contribution in [3.05, 3.63) is 48.7 Å². The highest BCUT2D eigenvalue weighted by Crippen LogP contribution is 2.21. The quantitative estimate of drug-likeness (QED) is 0.496. The molecule has 0 unspecified atom stereocenters. The Balaban J connectivity index is 2.42. The molecule has 0 saturated carbocycles. The van der Waals surface area contributed by atoms with Crippen LogP contribution in [0.3, 0.4) is 0 Å². The number of hydrogen-bond acceptors (Lipinski definition) is 4.